The van der Waals surface area contributed by atoms with Crippen LogP contribution < -0.4 is 14.8 Å². The van der Waals surface area contributed by atoms with Crippen LogP contribution in [-0.2, 0) is 9.53 Å². The first kappa shape index (κ1) is 20.8. The van der Waals surface area contributed by atoms with E-state index in [4.69, 9.17) is 25.8 Å². The van der Waals surface area contributed by atoms with Gasteiger partial charge in [0.15, 0.2) is 18.1 Å². The maximum atomic E-state index is 12.4. The molecular formula is C21H22ClNO6. The SMILES string of the molecule is CC(C)C(NC(=O)COC(=O)c1ccc(Cl)cc1O)c1ccc2c(c1)OCCO2. The third kappa shape index (κ3) is 5.12. The van der Waals surface area contributed by atoms with Gasteiger partial charge in [0, 0.05) is 5.02 Å². The predicted molar refractivity (Wildman–Crippen MR) is 107 cm³/mol. The van der Waals surface area contributed by atoms with E-state index in [1.165, 1.54) is 18.2 Å². The van der Waals surface area contributed by atoms with Gasteiger partial charge in [0.05, 0.1) is 6.04 Å². The molecule has 0 saturated carbocycles. The summed E-state index contributed by atoms with van der Waals surface area (Å²) in [6.07, 6.45) is 0. The number of rotatable bonds is 6. The Morgan fingerprint density at radius 1 is 1.14 bits per heavy atom. The number of amides is 1. The number of carbonyl (C=O) groups is 2. The van der Waals surface area contributed by atoms with Crippen LogP contribution in [-0.4, -0.2) is 36.8 Å². The normalized spacial score (nSPS) is 13.7. The van der Waals surface area contributed by atoms with E-state index in [0.717, 1.165) is 5.56 Å². The van der Waals surface area contributed by atoms with Gasteiger partial charge in [0.1, 0.15) is 24.5 Å². The van der Waals surface area contributed by atoms with Crippen molar-refractivity contribution < 1.29 is 28.9 Å². The molecule has 2 N–H and O–H groups in total. The molecule has 8 heteroatoms. The third-order valence-corrected chi connectivity index (χ3v) is 4.66. The van der Waals surface area contributed by atoms with Crippen molar-refractivity contribution in [2.75, 3.05) is 19.8 Å². The fraction of sp³-hybridized carbons (Fsp3) is 0.333. The molecule has 0 bridgehead atoms. The molecule has 1 heterocycles. The number of halogens is 1. The standard InChI is InChI=1S/C21H22ClNO6/c1-12(2)20(13-3-6-17-18(9-13)28-8-7-27-17)23-19(25)11-29-21(26)15-5-4-14(22)10-16(15)24/h3-6,9-10,12,20,24H,7-8,11H2,1-2H3,(H,23,25). The number of carbonyl (C=O) groups excluding carboxylic acids is 2. The Labute approximate surface area is 173 Å². The molecule has 0 aromatic heterocycles. The van der Waals surface area contributed by atoms with Gasteiger partial charge in [-0.25, -0.2) is 4.79 Å². The Kier molecular flexibility index (Phi) is 6.49. The first-order valence-electron chi connectivity index (χ1n) is 9.19. The molecule has 0 saturated heterocycles. The molecule has 154 valence electrons. The van der Waals surface area contributed by atoms with Gasteiger partial charge < -0.3 is 24.6 Å². The highest BCUT2D eigenvalue weighted by Crippen LogP contribution is 2.34. The zero-order valence-electron chi connectivity index (χ0n) is 16.1. The first-order chi connectivity index (χ1) is 13.8. The van der Waals surface area contributed by atoms with E-state index < -0.39 is 18.5 Å². The quantitative estimate of drug-likeness (QED) is 0.696. The Hall–Kier alpha value is -2.93. The zero-order valence-corrected chi connectivity index (χ0v) is 16.9. The van der Waals surface area contributed by atoms with Crippen LogP contribution in [0.2, 0.25) is 5.02 Å². The molecule has 1 unspecified atom stereocenters. The largest absolute Gasteiger partial charge is 0.507 e. The van der Waals surface area contributed by atoms with Crippen molar-refractivity contribution in [3.8, 4) is 17.2 Å². The van der Waals surface area contributed by atoms with Gasteiger partial charge in [0.25, 0.3) is 5.91 Å². The predicted octanol–water partition coefficient (Wildman–Crippen LogP) is 3.49. The van der Waals surface area contributed by atoms with Crippen LogP contribution in [0.5, 0.6) is 17.2 Å². The number of hydrogen-bond acceptors (Lipinski definition) is 6. The van der Waals surface area contributed by atoms with E-state index in [-0.39, 0.29) is 28.3 Å². The second kappa shape index (κ2) is 9.05. The third-order valence-electron chi connectivity index (χ3n) is 4.42. The maximum absolute atomic E-state index is 12.4. The van der Waals surface area contributed by atoms with Crippen LogP contribution in [0.15, 0.2) is 36.4 Å². The highest BCUT2D eigenvalue weighted by Gasteiger charge is 2.22. The summed E-state index contributed by atoms with van der Waals surface area (Å²) in [5, 5.41) is 12.9. The molecular weight excluding hydrogens is 398 g/mol. The zero-order chi connectivity index (χ0) is 21.0. The van der Waals surface area contributed by atoms with Gasteiger partial charge in [-0.3, -0.25) is 4.79 Å². The Balaban J connectivity index is 1.63. The summed E-state index contributed by atoms with van der Waals surface area (Å²) in [7, 11) is 0. The van der Waals surface area contributed by atoms with Crippen molar-refractivity contribution in [1.29, 1.82) is 0 Å². The maximum Gasteiger partial charge on any atom is 0.342 e. The average Bonchev–Trinajstić information content (AvgIpc) is 2.69. The lowest BCUT2D eigenvalue weighted by molar-refractivity contribution is -0.125. The van der Waals surface area contributed by atoms with Crippen molar-refractivity contribution in [3.63, 3.8) is 0 Å². The van der Waals surface area contributed by atoms with Crippen LogP contribution in [0.25, 0.3) is 0 Å². The molecule has 1 aliphatic rings. The van der Waals surface area contributed by atoms with Gasteiger partial charge in [-0.2, -0.15) is 0 Å². The van der Waals surface area contributed by atoms with E-state index in [0.29, 0.717) is 24.7 Å². The topological polar surface area (TPSA) is 94.1 Å². The minimum Gasteiger partial charge on any atom is -0.507 e. The molecule has 1 atom stereocenters. The molecule has 0 aliphatic carbocycles. The number of aromatic hydroxyl groups is 1. The lowest BCUT2D eigenvalue weighted by Crippen LogP contribution is -2.35. The monoisotopic (exact) mass is 419 g/mol. The van der Waals surface area contributed by atoms with Crippen LogP contribution in [0, 0.1) is 5.92 Å². The molecule has 0 spiro atoms. The number of ether oxygens (including phenoxy) is 3. The summed E-state index contributed by atoms with van der Waals surface area (Å²) < 4.78 is 16.2. The van der Waals surface area contributed by atoms with Crippen molar-refractivity contribution in [2.45, 2.75) is 19.9 Å². The molecule has 1 amide bonds. The van der Waals surface area contributed by atoms with Crippen molar-refractivity contribution in [2.24, 2.45) is 5.92 Å². The number of esters is 1. The summed E-state index contributed by atoms with van der Waals surface area (Å²) >= 11 is 5.75. The summed E-state index contributed by atoms with van der Waals surface area (Å²) in [4.78, 5) is 24.5. The molecule has 1 aliphatic heterocycles. The number of fused-ring (bicyclic) bond motifs is 1. The summed E-state index contributed by atoms with van der Waals surface area (Å²) in [5.74, 6) is -0.185. The van der Waals surface area contributed by atoms with Crippen molar-refractivity contribution >= 4 is 23.5 Å². The molecule has 7 nitrogen and oxygen atoms in total. The van der Waals surface area contributed by atoms with E-state index in [2.05, 4.69) is 5.32 Å². The Morgan fingerprint density at radius 3 is 2.55 bits per heavy atom. The molecule has 3 rings (SSSR count). The fourth-order valence-electron chi connectivity index (χ4n) is 2.99. The van der Waals surface area contributed by atoms with Gasteiger partial charge in [-0.05, 0) is 41.8 Å². The van der Waals surface area contributed by atoms with E-state index >= 15 is 0 Å². The highest BCUT2D eigenvalue weighted by atomic mass is 35.5. The second-order valence-electron chi connectivity index (χ2n) is 6.93. The van der Waals surface area contributed by atoms with E-state index in [1.807, 2.05) is 32.0 Å². The molecule has 29 heavy (non-hydrogen) atoms. The molecule has 2 aromatic rings. The smallest absolute Gasteiger partial charge is 0.342 e. The number of nitrogens with one attached hydrogen (secondary N) is 1. The summed E-state index contributed by atoms with van der Waals surface area (Å²) in [5.41, 5.74) is 0.800. The van der Waals surface area contributed by atoms with Crippen LogP contribution in [0.4, 0.5) is 0 Å². The minimum atomic E-state index is -0.810. The minimum absolute atomic E-state index is 0.0607. The lowest BCUT2D eigenvalue weighted by Gasteiger charge is -2.25. The first-order valence-corrected chi connectivity index (χ1v) is 9.57. The Bertz CT molecular complexity index is 914. The summed E-state index contributed by atoms with van der Waals surface area (Å²) in [6.45, 7) is 4.45. The number of phenolic OH excluding ortho intramolecular Hbond substituents is 1. The van der Waals surface area contributed by atoms with E-state index in [1.54, 1.807) is 0 Å². The average molecular weight is 420 g/mol. The van der Waals surface area contributed by atoms with Gasteiger partial charge in [0.2, 0.25) is 0 Å². The Morgan fingerprint density at radius 2 is 1.86 bits per heavy atom. The fourth-order valence-corrected chi connectivity index (χ4v) is 3.16. The molecule has 0 radical (unpaired) electrons. The summed E-state index contributed by atoms with van der Waals surface area (Å²) in [6, 6.07) is 9.25. The number of benzene rings is 2. The lowest BCUT2D eigenvalue weighted by atomic mass is 9.95. The van der Waals surface area contributed by atoms with Gasteiger partial charge in [-0.15, -0.1) is 0 Å². The van der Waals surface area contributed by atoms with Gasteiger partial charge >= 0.3 is 5.97 Å². The van der Waals surface area contributed by atoms with Crippen LogP contribution in [0.1, 0.15) is 35.8 Å². The van der Waals surface area contributed by atoms with Gasteiger partial charge in [-0.1, -0.05) is 31.5 Å². The highest BCUT2D eigenvalue weighted by molar-refractivity contribution is 6.30. The van der Waals surface area contributed by atoms with E-state index in [9.17, 15) is 14.7 Å². The number of hydrogen-bond donors (Lipinski definition) is 2. The molecule has 0 fully saturated rings. The second-order valence-corrected chi connectivity index (χ2v) is 7.37. The number of phenols is 1. The van der Waals surface area contributed by atoms with Crippen LogP contribution in [0.3, 0.4) is 0 Å². The molecule has 2 aromatic carbocycles. The van der Waals surface area contributed by atoms with Crippen molar-refractivity contribution in [3.05, 3.63) is 52.5 Å². The van der Waals surface area contributed by atoms with Crippen molar-refractivity contribution in [1.82, 2.24) is 5.32 Å². The van der Waals surface area contributed by atoms with Crippen LogP contribution >= 0.6 is 11.6 Å².